The smallest absolute Gasteiger partial charge is 0.353 e. The van der Waals surface area contributed by atoms with Gasteiger partial charge in [0.05, 0.1) is 0 Å². The Balaban J connectivity index is 1.64. The van der Waals surface area contributed by atoms with Gasteiger partial charge in [-0.15, -0.1) is 0 Å². The Morgan fingerprint density at radius 3 is 2.54 bits per heavy atom. The van der Waals surface area contributed by atoms with Crippen molar-refractivity contribution in [1.29, 1.82) is 0 Å². The molecule has 3 heterocycles. The van der Waals surface area contributed by atoms with Crippen LogP contribution in [0.5, 0.6) is 0 Å². The van der Waals surface area contributed by atoms with Gasteiger partial charge in [0.2, 0.25) is 5.82 Å². The van der Waals surface area contributed by atoms with E-state index in [1.807, 2.05) is 11.8 Å². The van der Waals surface area contributed by atoms with E-state index in [0.717, 1.165) is 0 Å². The zero-order valence-corrected chi connectivity index (χ0v) is 14.0. The maximum atomic E-state index is 12.5. The lowest BCUT2D eigenvalue weighted by Crippen LogP contribution is -2.52. The molecule has 0 aliphatic carbocycles. The van der Waals surface area contributed by atoms with E-state index in [1.165, 1.54) is 6.20 Å². The van der Waals surface area contributed by atoms with Crippen molar-refractivity contribution in [3.8, 4) is 11.4 Å². The molecule has 0 spiro atoms. The van der Waals surface area contributed by atoms with E-state index in [-0.39, 0.29) is 11.9 Å². The molecule has 0 saturated carbocycles. The first-order valence-corrected chi connectivity index (χ1v) is 8.03. The minimum absolute atomic E-state index is 0.0898. The van der Waals surface area contributed by atoms with E-state index in [4.69, 9.17) is 0 Å². The van der Waals surface area contributed by atoms with Gasteiger partial charge >= 0.3 is 18.1 Å². The predicted octanol–water partition coefficient (Wildman–Crippen LogP) is 2.00. The molecule has 2 aromatic heterocycles. The van der Waals surface area contributed by atoms with Gasteiger partial charge in [-0.3, -0.25) is 0 Å². The molecule has 0 aromatic carbocycles. The van der Waals surface area contributed by atoms with Crippen molar-refractivity contribution in [2.24, 2.45) is 0 Å². The van der Waals surface area contributed by atoms with Crippen molar-refractivity contribution in [3.63, 3.8) is 0 Å². The van der Waals surface area contributed by atoms with Crippen molar-refractivity contribution >= 4 is 11.8 Å². The van der Waals surface area contributed by atoms with Crippen LogP contribution in [-0.4, -0.2) is 58.8 Å². The second-order valence-electron chi connectivity index (χ2n) is 5.64. The van der Waals surface area contributed by atoms with E-state index >= 15 is 0 Å². The summed E-state index contributed by atoms with van der Waals surface area (Å²) in [5.74, 6) is -0.890. The molecule has 3 rings (SSSR count). The van der Waals surface area contributed by atoms with Crippen LogP contribution in [0.4, 0.5) is 23.8 Å². The Morgan fingerprint density at radius 2 is 2.00 bits per heavy atom. The maximum Gasteiger partial charge on any atom is 0.471 e. The largest absolute Gasteiger partial charge is 0.471 e. The number of alkyl halides is 3. The van der Waals surface area contributed by atoms with Crippen molar-refractivity contribution in [2.75, 3.05) is 37.6 Å². The van der Waals surface area contributed by atoms with Crippen LogP contribution in [0.1, 0.15) is 12.8 Å². The van der Waals surface area contributed by atoms with Gasteiger partial charge in [0.15, 0.2) is 0 Å². The lowest BCUT2D eigenvalue weighted by Gasteiger charge is -2.35. The Kier molecular flexibility index (Phi) is 4.96. The molecule has 0 bridgehead atoms. The zero-order chi connectivity index (χ0) is 18.7. The second kappa shape index (κ2) is 7.18. The molecule has 2 amide bonds. The van der Waals surface area contributed by atoms with Gasteiger partial charge in [0, 0.05) is 44.5 Å². The number of carbonyl (C=O) groups is 1. The molecule has 8 nitrogen and oxygen atoms in total. The topological polar surface area (TPSA) is 87.4 Å². The monoisotopic (exact) mass is 370 g/mol. The summed E-state index contributed by atoms with van der Waals surface area (Å²) in [6.45, 7) is 4.80. The number of urea groups is 1. The predicted molar refractivity (Wildman–Crippen MR) is 85.4 cm³/mol. The van der Waals surface area contributed by atoms with Gasteiger partial charge < -0.3 is 19.6 Å². The fraction of sp³-hybridized carbons (Fsp3) is 0.467. The number of pyridine rings is 1. The van der Waals surface area contributed by atoms with Crippen LogP contribution in [0.25, 0.3) is 11.4 Å². The minimum atomic E-state index is -4.68. The Morgan fingerprint density at radius 1 is 1.27 bits per heavy atom. The Hall–Kier alpha value is -2.85. The standard InChI is InChI=1S/C15H17F3N6O2/c1-2-19-14(25)24-7-5-23(6-8-24)11-4-3-10(9-20-11)12-21-13(26-22-12)15(16,17)18/h3-4,9H,2,5-8H2,1H3,(H,19,25). The molecular weight excluding hydrogens is 353 g/mol. The van der Waals surface area contributed by atoms with Crippen LogP contribution in [-0.2, 0) is 6.18 Å². The molecule has 26 heavy (non-hydrogen) atoms. The van der Waals surface area contributed by atoms with Crippen molar-refractivity contribution in [3.05, 3.63) is 24.2 Å². The number of rotatable bonds is 3. The summed E-state index contributed by atoms with van der Waals surface area (Å²) in [5.41, 5.74) is 0.328. The van der Waals surface area contributed by atoms with Gasteiger partial charge in [-0.05, 0) is 19.1 Å². The van der Waals surface area contributed by atoms with Crippen molar-refractivity contribution in [1.82, 2.24) is 25.3 Å². The third kappa shape index (κ3) is 3.86. The first-order valence-electron chi connectivity index (χ1n) is 8.03. The number of amides is 2. The van der Waals surface area contributed by atoms with Crippen molar-refractivity contribution < 1.29 is 22.5 Å². The lowest BCUT2D eigenvalue weighted by molar-refractivity contribution is -0.159. The van der Waals surface area contributed by atoms with E-state index in [9.17, 15) is 18.0 Å². The number of nitrogens with zero attached hydrogens (tertiary/aromatic N) is 5. The minimum Gasteiger partial charge on any atom is -0.353 e. The van der Waals surface area contributed by atoms with Crippen LogP contribution >= 0.6 is 0 Å². The number of halogens is 3. The van der Waals surface area contributed by atoms with E-state index < -0.39 is 12.1 Å². The van der Waals surface area contributed by atoms with Crippen LogP contribution in [0.15, 0.2) is 22.9 Å². The van der Waals surface area contributed by atoms with E-state index in [0.29, 0.717) is 44.1 Å². The number of hydrogen-bond donors (Lipinski definition) is 1. The lowest BCUT2D eigenvalue weighted by atomic mass is 10.2. The normalized spacial score (nSPS) is 15.2. The average Bonchev–Trinajstić information content (AvgIpc) is 3.13. The fourth-order valence-electron chi connectivity index (χ4n) is 2.56. The molecule has 2 aromatic rings. The maximum absolute atomic E-state index is 12.5. The molecule has 1 N–H and O–H groups in total. The summed E-state index contributed by atoms with van der Waals surface area (Å²) < 4.78 is 41.7. The number of aromatic nitrogens is 3. The molecule has 140 valence electrons. The number of anilines is 1. The van der Waals surface area contributed by atoms with Gasteiger partial charge in [-0.25, -0.2) is 9.78 Å². The van der Waals surface area contributed by atoms with Gasteiger partial charge in [-0.2, -0.15) is 18.2 Å². The summed E-state index contributed by atoms with van der Waals surface area (Å²) in [4.78, 5) is 23.1. The molecule has 0 radical (unpaired) electrons. The highest BCUT2D eigenvalue weighted by Gasteiger charge is 2.38. The number of piperazine rings is 1. The summed E-state index contributed by atoms with van der Waals surface area (Å²) in [5, 5.41) is 6.09. The molecule has 1 saturated heterocycles. The highest BCUT2D eigenvalue weighted by atomic mass is 19.4. The van der Waals surface area contributed by atoms with Gasteiger partial charge in [0.25, 0.3) is 0 Å². The zero-order valence-electron chi connectivity index (χ0n) is 14.0. The third-order valence-electron chi connectivity index (χ3n) is 3.89. The van der Waals surface area contributed by atoms with Gasteiger partial charge in [0.1, 0.15) is 5.82 Å². The molecule has 0 atom stereocenters. The van der Waals surface area contributed by atoms with E-state index in [2.05, 4.69) is 25.0 Å². The van der Waals surface area contributed by atoms with Crippen LogP contribution < -0.4 is 10.2 Å². The molecule has 1 fully saturated rings. The number of hydrogen-bond acceptors (Lipinski definition) is 6. The highest BCUT2D eigenvalue weighted by Crippen LogP contribution is 2.29. The first kappa shape index (κ1) is 18.0. The summed E-state index contributed by atoms with van der Waals surface area (Å²) in [6, 6.07) is 3.18. The Bertz CT molecular complexity index is 753. The molecular formula is C15H17F3N6O2. The number of nitrogens with one attached hydrogen (secondary N) is 1. The van der Waals surface area contributed by atoms with Crippen LogP contribution in [0, 0.1) is 0 Å². The fourth-order valence-corrected chi connectivity index (χ4v) is 2.56. The molecule has 1 aliphatic heterocycles. The first-order chi connectivity index (χ1) is 12.4. The molecule has 1 aliphatic rings. The summed E-state index contributed by atoms with van der Waals surface area (Å²) >= 11 is 0. The van der Waals surface area contributed by atoms with Gasteiger partial charge in [-0.1, -0.05) is 5.16 Å². The van der Waals surface area contributed by atoms with Crippen molar-refractivity contribution in [2.45, 2.75) is 13.1 Å². The average molecular weight is 370 g/mol. The quantitative estimate of drug-likeness (QED) is 0.889. The molecule has 0 unspecified atom stereocenters. The molecule has 11 heteroatoms. The van der Waals surface area contributed by atoms with Crippen LogP contribution in [0.2, 0.25) is 0 Å². The second-order valence-corrected chi connectivity index (χ2v) is 5.64. The van der Waals surface area contributed by atoms with Crippen LogP contribution in [0.3, 0.4) is 0 Å². The third-order valence-corrected chi connectivity index (χ3v) is 3.89. The highest BCUT2D eigenvalue weighted by molar-refractivity contribution is 5.74. The number of carbonyl (C=O) groups excluding carboxylic acids is 1. The summed E-state index contributed by atoms with van der Waals surface area (Å²) in [7, 11) is 0. The Labute approximate surface area is 147 Å². The summed E-state index contributed by atoms with van der Waals surface area (Å²) in [6.07, 6.45) is -3.28. The van der Waals surface area contributed by atoms with E-state index in [1.54, 1.807) is 17.0 Å². The SMILES string of the molecule is CCNC(=O)N1CCN(c2ccc(-c3noc(C(F)(F)F)n3)cn2)CC1.